The van der Waals surface area contributed by atoms with Crippen molar-refractivity contribution >= 4 is 5.97 Å². The smallest absolute Gasteiger partial charge is 0.346 e. The summed E-state index contributed by atoms with van der Waals surface area (Å²) < 4.78 is 10.3. The summed E-state index contributed by atoms with van der Waals surface area (Å²) in [6.07, 6.45) is 1.92. The molecule has 1 aliphatic carbocycles. The number of methoxy groups -OCH3 is 1. The molecule has 0 radical (unpaired) electrons. The van der Waals surface area contributed by atoms with Crippen LogP contribution in [-0.4, -0.2) is 25.2 Å². The fourth-order valence-corrected chi connectivity index (χ4v) is 1.71. The normalized spacial score (nSPS) is 16.1. The van der Waals surface area contributed by atoms with Gasteiger partial charge in [0.25, 0.3) is 0 Å². The van der Waals surface area contributed by atoms with Crippen LogP contribution in [0.1, 0.15) is 25.3 Å². The highest BCUT2D eigenvalue weighted by molar-refractivity contribution is 5.74. The van der Waals surface area contributed by atoms with Gasteiger partial charge in [0.1, 0.15) is 5.75 Å². The molecule has 0 amide bonds. The first-order chi connectivity index (χ1) is 8.70. The van der Waals surface area contributed by atoms with Crippen LogP contribution in [0.2, 0.25) is 0 Å². The fourth-order valence-electron chi connectivity index (χ4n) is 1.71. The molecule has 4 heteroatoms. The molecule has 98 valence electrons. The Morgan fingerprint density at radius 3 is 2.83 bits per heavy atom. The second-order valence-corrected chi connectivity index (χ2v) is 4.55. The first-order valence-corrected chi connectivity index (χ1v) is 6.26. The predicted molar refractivity (Wildman–Crippen MR) is 68.4 cm³/mol. The number of rotatable bonds is 6. The quantitative estimate of drug-likeness (QED) is 0.782. The largest absolute Gasteiger partial charge is 0.479 e. The minimum absolute atomic E-state index is 0.361. The Labute approximate surface area is 107 Å². The molecule has 1 fully saturated rings. The van der Waals surface area contributed by atoms with Gasteiger partial charge in [0.05, 0.1) is 7.11 Å². The van der Waals surface area contributed by atoms with Gasteiger partial charge < -0.3 is 14.8 Å². The molecule has 0 saturated heterocycles. The molecule has 1 saturated carbocycles. The number of hydrogen-bond donors (Lipinski definition) is 1. The van der Waals surface area contributed by atoms with Crippen molar-refractivity contribution in [2.75, 3.05) is 7.11 Å². The molecule has 1 aromatic carbocycles. The van der Waals surface area contributed by atoms with E-state index in [1.165, 1.54) is 20.0 Å². The third-order valence-corrected chi connectivity index (χ3v) is 2.97. The zero-order chi connectivity index (χ0) is 13.0. The minimum Gasteiger partial charge on any atom is -0.479 e. The summed E-state index contributed by atoms with van der Waals surface area (Å²) in [5, 5.41) is 3.43. The number of esters is 1. The number of para-hydroxylation sites is 1. The van der Waals surface area contributed by atoms with Crippen molar-refractivity contribution in [2.24, 2.45) is 0 Å². The van der Waals surface area contributed by atoms with E-state index in [4.69, 9.17) is 4.74 Å². The number of carbonyl (C=O) groups excluding carboxylic acids is 1. The van der Waals surface area contributed by atoms with Crippen LogP contribution in [0.3, 0.4) is 0 Å². The topological polar surface area (TPSA) is 47.6 Å². The SMILES string of the molecule is COC(=O)C(C)Oc1ccccc1CNC1CC1. The number of benzene rings is 1. The third kappa shape index (κ3) is 3.47. The van der Waals surface area contributed by atoms with Gasteiger partial charge in [0.15, 0.2) is 6.10 Å². The molecule has 4 nitrogen and oxygen atoms in total. The molecule has 0 bridgehead atoms. The average molecular weight is 249 g/mol. The van der Waals surface area contributed by atoms with Gasteiger partial charge in [0, 0.05) is 18.2 Å². The van der Waals surface area contributed by atoms with Crippen molar-refractivity contribution in [3.8, 4) is 5.75 Å². The molecule has 1 N–H and O–H groups in total. The first kappa shape index (κ1) is 12.9. The second-order valence-electron chi connectivity index (χ2n) is 4.55. The van der Waals surface area contributed by atoms with Crippen LogP contribution in [0.4, 0.5) is 0 Å². The van der Waals surface area contributed by atoms with E-state index in [-0.39, 0.29) is 5.97 Å². The van der Waals surface area contributed by atoms with Gasteiger partial charge in [-0.15, -0.1) is 0 Å². The zero-order valence-electron chi connectivity index (χ0n) is 10.8. The summed E-state index contributed by atoms with van der Waals surface area (Å²) in [5.41, 5.74) is 1.07. The Bertz CT molecular complexity index is 415. The van der Waals surface area contributed by atoms with Crippen molar-refractivity contribution in [1.29, 1.82) is 0 Å². The lowest BCUT2D eigenvalue weighted by Gasteiger charge is -2.15. The summed E-state index contributed by atoms with van der Waals surface area (Å²) in [5.74, 6) is 0.378. The molecule has 0 aromatic heterocycles. The van der Waals surface area contributed by atoms with Crippen molar-refractivity contribution in [3.63, 3.8) is 0 Å². The van der Waals surface area contributed by atoms with E-state index in [9.17, 15) is 4.79 Å². The molecule has 1 aliphatic rings. The Morgan fingerprint density at radius 1 is 1.44 bits per heavy atom. The van der Waals surface area contributed by atoms with Crippen molar-refractivity contribution < 1.29 is 14.3 Å². The molecule has 0 spiro atoms. The Morgan fingerprint density at radius 2 is 2.17 bits per heavy atom. The van der Waals surface area contributed by atoms with Crippen LogP contribution in [0.5, 0.6) is 5.75 Å². The predicted octanol–water partition coefficient (Wildman–Crippen LogP) is 1.88. The lowest BCUT2D eigenvalue weighted by atomic mass is 10.2. The average Bonchev–Trinajstić information content (AvgIpc) is 3.20. The number of nitrogens with one attached hydrogen (secondary N) is 1. The zero-order valence-corrected chi connectivity index (χ0v) is 10.8. The van der Waals surface area contributed by atoms with Gasteiger partial charge in [-0.3, -0.25) is 0 Å². The minimum atomic E-state index is -0.586. The van der Waals surface area contributed by atoms with E-state index in [0.717, 1.165) is 17.9 Å². The van der Waals surface area contributed by atoms with E-state index in [1.807, 2.05) is 24.3 Å². The summed E-state index contributed by atoms with van der Waals surface area (Å²) in [6.45, 7) is 2.46. The molecule has 1 unspecified atom stereocenters. The standard InChI is InChI=1S/C14H19NO3/c1-10(14(16)17-2)18-13-6-4-3-5-11(13)9-15-12-7-8-12/h3-6,10,12,15H,7-9H2,1-2H3. The van der Waals surface area contributed by atoms with Crippen LogP contribution < -0.4 is 10.1 Å². The molecule has 18 heavy (non-hydrogen) atoms. The molecule has 0 heterocycles. The van der Waals surface area contributed by atoms with Gasteiger partial charge in [-0.2, -0.15) is 0 Å². The molecule has 1 atom stereocenters. The highest BCUT2D eigenvalue weighted by atomic mass is 16.6. The van der Waals surface area contributed by atoms with Crippen LogP contribution in [0.15, 0.2) is 24.3 Å². The first-order valence-electron chi connectivity index (χ1n) is 6.26. The van der Waals surface area contributed by atoms with E-state index < -0.39 is 6.10 Å². The number of ether oxygens (including phenoxy) is 2. The van der Waals surface area contributed by atoms with Crippen LogP contribution >= 0.6 is 0 Å². The summed E-state index contributed by atoms with van der Waals surface area (Å²) in [6, 6.07) is 8.41. The van der Waals surface area contributed by atoms with Gasteiger partial charge in [-0.1, -0.05) is 18.2 Å². The third-order valence-electron chi connectivity index (χ3n) is 2.97. The molecular weight excluding hydrogens is 230 g/mol. The lowest BCUT2D eigenvalue weighted by molar-refractivity contribution is -0.147. The van der Waals surface area contributed by atoms with Crippen LogP contribution in [0, 0.1) is 0 Å². The molecule has 1 aromatic rings. The maximum absolute atomic E-state index is 11.3. The monoisotopic (exact) mass is 249 g/mol. The highest BCUT2D eigenvalue weighted by Gasteiger charge is 2.21. The lowest BCUT2D eigenvalue weighted by Crippen LogP contribution is -2.26. The van der Waals surface area contributed by atoms with Crippen molar-refractivity contribution in [3.05, 3.63) is 29.8 Å². The summed E-state index contributed by atoms with van der Waals surface area (Å²) in [7, 11) is 1.36. The second kappa shape index (κ2) is 5.87. The molecule has 0 aliphatic heterocycles. The van der Waals surface area contributed by atoms with Gasteiger partial charge in [0.2, 0.25) is 0 Å². The van der Waals surface area contributed by atoms with Crippen molar-refractivity contribution in [1.82, 2.24) is 5.32 Å². The van der Waals surface area contributed by atoms with Crippen LogP contribution in [-0.2, 0) is 16.1 Å². The van der Waals surface area contributed by atoms with Crippen molar-refractivity contribution in [2.45, 2.75) is 38.5 Å². The van der Waals surface area contributed by atoms with E-state index in [1.54, 1.807) is 6.92 Å². The molecule has 2 rings (SSSR count). The molecular formula is C14H19NO3. The van der Waals surface area contributed by atoms with Gasteiger partial charge >= 0.3 is 5.97 Å². The maximum atomic E-state index is 11.3. The summed E-state index contributed by atoms with van der Waals surface area (Å²) in [4.78, 5) is 11.3. The van der Waals surface area contributed by atoms with Gasteiger partial charge in [-0.25, -0.2) is 4.79 Å². The summed E-state index contributed by atoms with van der Waals surface area (Å²) >= 11 is 0. The van der Waals surface area contributed by atoms with E-state index in [0.29, 0.717) is 6.04 Å². The van der Waals surface area contributed by atoms with Gasteiger partial charge in [-0.05, 0) is 25.8 Å². The Hall–Kier alpha value is -1.55. The van der Waals surface area contributed by atoms with E-state index >= 15 is 0 Å². The Kier molecular flexibility index (Phi) is 4.20. The van der Waals surface area contributed by atoms with E-state index in [2.05, 4.69) is 10.1 Å². The number of carbonyl (C=O) groups is 1. The fraction of sp³-hybridized carbons (Fsp3) is 0.500. The maximum Gasteiger partial charge on any atom is 0.346 e. The highest BCUT2D eigenvalue weighted by Crippen LogP contribution is 2.23. The Balaban J connectivity index is 1.99. The number of hydrogen-bond acceptors (Lipinski definition) is 4. The van der Waals surface area contributed by atoms with Crippen LogP contribution in [0.25, 0.3) is 0 Å².